The summed E-state index contributed by atoms with van der Waals surface area (Å²) in [5.41, 5.74) is 1.40. The second-order valence-corrected chi connectivity index (χ2v) is 6.02. The molecule has 3 atom stereocenters. The molecule has 0 spiro atoms. The minimum absolute atomic E-state index is 0.0538. The Labute approximate surface area is 148 Å². The number of carbonyl (C=O) groups is 2. The van der Waals surface area contributed by atoms with E-state index in [-0.39, 0.29) is 12.5 Å². The van der Waals surface area contributed by atoms with E-state index in [1.54, 1.807) is 38.8 Å². The molecule has 25 heavy (non-hydrogen) atoms. The van der Waals surface area contributed by atoms with Crippen molar-refractivity contribution in [3.63, 3.8) is 0 Å². The topological polar surface area (TPSA) is 105 Å². The van der Waals surface area contributed by atoms with Crippen molar-refractivity contribution in [2.75, 3.05) is 0 Å². The zero-order valence-corrected chi connectivity index (χ0v) is 14.5. The van der Waals surface area contributed by atoms with Crippen molar-refractivity contribution < 1.29 is 25.7 Å². The third-order valence-corrected chi connectivity index (χ3v) is 3.59. The number of hydroxylamine groups is 1. The first-order valence-corrected chi connectivity index (χ1v) is 7.97. The number of carboxylic acid groups (broad SMARTS) is 1. The molecule has 0 fully saturated rings. The summed E-state index contributed by atoms with van der Waals surface area (Å²) >= 11 is 0. The minimum atomic E-state index is -1.21. The summed E-state index contributed by atoms with van der Waals surface area (Å²) in [6.45, 7) is 4.92. The Kier molecular flexibility index (Phi) is 7.85. The first-order valence-electron chi connectivity index (χ1n) is 8.41. The summed E-state index contributed by atoms with van der Waals surface area (Å²) in [5.74, 6) is -1.35. The van der Waals surface area contributed by atoms with Crippen molar-refractivity contribution in [1.29, 1.82) is 0 Å². The number of amides is 1. The van der Waals surface area contributed by atoms with Crippen molar-refractivity contribution in [2.45, 2.75) is 39.5 Å². The maximum absolute atomic E-state index is 12.6. The summed E-state index contributed by atoms with van der Waals surface area (Å²) in [6, 6.07) is 6.76. The van der Waals surface area contributed by atoms with E-state index in [4.69, 9.17) is 6.25 Å². The first kappa shape index (κ1) is 18.9. The maximum Gasteiger partial charge on any atom is 0.326 e. The van der Waals surface area contributed by atoms with Crippen molar-refractivity contribution in [3.8, 4) is 0 Å². The molecule has 0 saturated carbocycles. The highest BCUT2D eigenvalue weighted by molar-refractivity contribution is 5.87. The normalized spacial score (nSPS) is 15.0. The molecular weight excluding hydrogens is 324 g/mol. The smallest absolute Gasteiger partial charge is 0.326 e. The quantitative estimate of drug-likeness (QED) is 0.435. The number of hydrogen-bond acceptors (Lipinski definition) is 5. The van der Waals surface area contributed by atoms with Gasteiger partial charge in [-0.3, -0.25) is 9.63 Å². The highest BCUT2D eigenvalue weighted by atomic mass is 16.6. The number of nitrogens with one attached hydrogen (secondary N) is 2. The summed E-state index contributed by atoms with van der Waals surface area (Å²) in [6.07, 6.45) is 1.10. The van der Waals surface area contributed by atoms with Crippen LogP contribution in [0.4, 0.5) is 0 Å². The summed E-state index contributed by atoms with van der Waals surface area (Å²) in [5, 5.41) is 11.6. The zero-order valence-electron chi connectivity index (χ0n) is 15.5. The van der Waals surface area contributed by atoms with Crippen LogP contribution in [0.2, 0.25) is 1.41 Å². The minimum Gasteiger partial charge on any atom is -0.480 e. The Hall–Kier alpha value is -2.47. The fraction of sp³-hybridized carbons (Fsp3) is 0.444. The molecule has 1 rings (SSSR count). The number of rotatable bonds is 10. The molecule has 1 unspecified atom stereocenters. The molecule has 1 aromatic carbocycles. The lowest BCUT2D eigenvalue weighted by Crippen LogP contribution is -2.53. The third-order valence-electron chi connectivity index (χ3n) is 3.59. The number of benzene rings is 1. The van der Waals surface area contributed by atoms with Crippen molar-refractivity contribution in [1.82, 2.24) is 10.8 Å². The Balaban J connectivity index is 2.90. The van der Waals surface area contributed by atoms with Crippen LogP contribution in [-0.4, -0.2) is 35.0 Å². The van der Waals surface area contributed by atoms with Crippen LogP contribution >= 0.6 is 0 Å². The third kappa shape index (κ3) is 6.89. The molecule has 0 saturated heterocycles. The van der Waals surface area contributed by atoms with Crippen LogP contribution in [0.15, 0.2) is 36.4 Å². The fourth-order valence-electron chi connectivity index (χ4n) is 2.10. The van der Waals surface area contributed by atoms with Gasteiger partial charge in [0.1, 0.15) is 18.0 Å². The van der Waals surface area contributed by atoms with Gasteiger partial charge in [-0.25, -0.2) is 9.59 Å². The van der Waals surface area contributed by atoms with E-state index in [0.717, 1.165) is 11.6 Å². The average molecular weight is 349 g/mol. The largest absolute Gasteiger partial charge is 0.480 e. The van der Waals surface area contributed by atoms with E-state index in [2.05, 4.69) is 5.32 Å². The number of carbonyl (C=O) groups excluding carboxylic acids is 2. The fourth-order valence-corrected chi connectivity index (χ4v) is 2.10. The van der Waals surface area contributed by atoms with Crippen LogP contribution < -0.4 is 10.8 Å². The van der Waals surface area contributed by atoms with Gasteiger partial charge in [-0.1, -0.05) is 51.1 Å². The molecule has 1 amide bonds. The van der Waals surface area contributed by atoms with Crippen LogP contribution in [0.3, 0.4) is 0 Å². The molecule has 0 bridgehead atoms. The Morgan fingerprint density at radius 3 is 2.44 bits per heavy atom. The van der Waals surface area contributed by atoms with Gasteiger partial charge in [-0.2, -0.15) is 5.47 Å². The van der Waals surface area contributed by atoms with Gasteiger partial charge >= 0.3 is 5.97 Å². The second-order valence-electron chi connectivity index (χ2n) is 6.02. The summed E-state index contributed by atoms with van der Waals surface area (Å²) in [7, 11) is 0. The van der Waals surface area contributed by atoms with Crippen LogP contribution in [0, 0.1) is 11.8 Å². The predicted octanol–water partition coefficient (Wildman–Crippen LogP) is 1.33. The van der Waals surface area contributed by atoms with Crippen LogP contribution in [0.5, 0.6) is 0 Å². The first-order chi connectivity index (χ1) is 12.3. The standard InChI is InChI=1S/C18H24N2O5/c1-12(2)15(18(23)24)19-17(22)16(13(3)9-10-21)20-25-11-14-7-5-4-6-8-14/h4-9,12-13,15-16,20H,11H2,1-3H3,(H,19,22)(H,23,24)/t13?,15-,16-/m0/s1/i/hD. The zero-order chi connectivity index (χ0) is 19.7. The summed E-state index contributed by atoms with van der Waals surface area (Å²) in [4.78, 5) is 39.8. The van der Waals surface area contributed by atoms with Gasteiger partial charge in [-0.05, 0) is 11.5 Å². The lowest BCUT2D eigenvalue weighted by molar-refractivity contribution is -0.144. The highest BCUT2D eigenvalue weighted by Gasteiger charge is 2.30. The van der Waals surface area contributed by atoms with Gasteiger partial charge in [0.2, 0.25) is 5.91 Å². The van der Waals surface area contributed by atoms with E-state index >= 15 is 0 Å². The molecule has 3 N–H and O–H groups in total. The van der Waals surface area contributed by atoms with Crippen LogP contribution in [0.1, 0.15) is 26.3 Å². The lowest BCUT2D eigenvalue weighted by Gasteiger charge is -2.25. The molecule has 0 heterocycles. The molecule has 7 heteroatoms. The van der Waals surface area contributed by atoms with Gasteiger partial charge in [0, 0.05) is 12.0 Å². The van der Waals surface area contributed by atoms with E-state index in [9.17, 15) is 19.5 Å². The Morgan fingerprint density at radius 2 is 1.92 bits per heavy atom. The summed E-state index contributed by atoms with van der Waals surface area (Å²) < 4.78 is 8.03. The van der Waals surface area contributed by atoms with Crippen LogP contribution in [-0.2, 0) is 25.8 Å². The molecule has 0 aliphatic heterocycles. The van der Waals surface area contributed by atoms with Crippen molar-refractivity contribution in [2.24, 2.45) is 11.8 Å². The Bertz CT molecular complexity index is 646. The monoisotopic (exact) mass is 349 g/mol. The molecule has 7 nitrogen and oxygen atoms in total. The van der Waals surface area contributed by atoms with E-state index in [1.165, 1.54) is 0 Å². The molecule has 0 aliphatic carbocycles. The molecular formula is C18H24N2O5. The van der Waals surface area contributed by atoms with Gasteiger partial charge in [0.15, 0.2) is 1.41 Å². The van der Waals surface area contributed by atoms with E-state index in [0.29, 0.717) is 5.47 Å². The SMILES string of the molecule is [2H]N(OCc1ccccc1)[C@H](C(=O)N[C@H](C(=O)O)C(C)C)C(C)C=C=O. The highest BCUT2D eigenvalue weighted by Crippen LogP contribution is 2.08. The number of aliphatic carboxylic acids is 1. The van der Waals surface area contributed by atoms with Crippen LogP contribution in [0.25, 0.3) is 0 Å². The van der Waals surface area contributed by atoms with Gasteiger partial charge in [0.25, 0.3) is 0 Å². The molecule has 136 valence electrons. The Morgan fingerprint density at radius 1 is 1.28 bits per heavy atom. The molecule has 0 radical (unpaired) electrons. The average Bonchev–Trinajstić information content (AvgIpc) is 2.58. The maximum atomic E-state index is 12.6. The van der Waals surface area contributed by atoms with Gasteiger partial charge in [0.05, 0.1) is 6.61 Å². The molecule has 0 aromatic heterocycles. The van der Waals surface area contributed by atoms with Gasteiger partial charge < -0.3 is 10.4 Å². The molecule has 1 aromatic rings. The van der Waals surface area contributed by atoms with E-state index < -0.39 is 29.9 Å². The second kappa shape index (κ2) is 10.4. The molecule has 0 aliphatic rings. The van der Waals surface area contributed by atoms with E-state index in [1.807, 2.05) is 18.2 Å². The van der Waals surface area contributed by atoms with Crippen molar-refractivity contribution in [3.05, 3.63) is 42.0 Å². The van der Waals surface area contributed by atoms with Gasteiger partial charge in [-0.15, -0.1) is 0 Å². The number of hydrogen-bond donors (Lipinski definition) is 3. The number of carboxylic acids is 1. The van der Waals surface area contributed by atoms with Crippen molar-refractivity contribution >= 4 is 17.8 Å². The predicted molar refractivity (Wildman–Crippen MR) is 92.0 cm³/mol. The lowest BCUT2D eigenvalue weighted by atomic mass is 9.99.